The van der Waals surface area contributed by atoms with Gasteiger partial charge in [0.15, 0.2) is 0 Å². The molecule has 4 amide bonds. The maximum Gasteiger partial charge on any atom is 0.332 e. The molecule has 32 heavy (non-hydrogen) atoms. The van der Waals surface area contributed by atoms with Gasteiger partial charge in [0.1, 0.15) is 6.04 Å². The second-order valence-electron chi connectivity index (χ2n) is 8.81. The van der Waals surface area contributed by atoms with Crippen molar-refractivity contribution in [2.45, 2.75) is 70.9 Å². The van der Waals surface area contributed by atoms with Crippen LogP contribution in [0.5, 0.6) is 0 Å². The van der Waals surface area contributed by atoms with E-state index in [0.717, 1.165) is 44.1 Å². The zero-order valence-corrected chi connectivity index (χ0v) is 18.8. The van der Waals surface area contributed by atoms with Crippen LogP contribution in [-0.2, 0) is 16.0 Å². The number of carbonyl (C=O) groups excluding carboxylic acids is 3. The van der Waals surface area contributed by atoms with Crippen molar-refractivity contribution in [2.24, 2.45) is 0 Å². The van der Waals surface area contributed by atoms with Crippen LogP contribution in [0.3, 0.4) is 0 Å². The highest BCUT2D eigenvalue weighted by Gasteiger charge is 2.49. The van der Waals surface area contributed by atoms with Crippen molar-refractivity contribution in [1.29, 1.82) is 0 Å². The number of hydrogen-bond acceptors (Lipinski definition) is 3. The summed E-state index contributed by atoms with van der Waals surface area (Å²) in [7, 11) is 0. The highest BCUT2D eigenvalue weighted by atomic mass is 16.2. The first-order chi connectivity index (χ1) is 15.5. The van der Waals surface area contributed by atoms with E-state index in [1.54, 1.807) is 17.0 Å². The minimum absolute atomic E-state index is 0.00251. The van der Waals surface area contributed by atoms with E-state index in [9.17, 15) is 14.4 Å². The number of nitrogens with zero attached hydrogens (tertiary/aromatic N) is 2. The second-order valence-corrected chi connectivity index (χ2v) is 8.81. The van der Waals surface area contributed by atoms with E-state index in [2.05, 4.69) is 12.2 Å². The van der Waals surface area contributed by atoms with E-state index >= 15 is 0 Å². The lowest BCUT2D eigenvalue weighted by Gasteiger charge is -2.33. The van der Waals surface area contributed by atoms with Crippen LogP contribution in [-0.4, -0.2) is 34.8 Å². The van der Waals surface area contributed by atoms with Gasteiger partial charge in [-0.05, 0) is 56.0 Å². The quantitative estimate of drug-likeness (QED) is 0.648. The highest BCUT2D eigenvalue weighted by molar-refractivity contribution is 6.22. The summed E-state index contributed by atoms with van der Waals surface area (Å²) in [5.74, 6) is -0.576. The van der Waals surface area contributed by atoms with Crippen LogP contribution >= 0.6 is 0 Å². The summed E-state index contributed by atoms with van der Waals surface area (Å²) in [4.78, 5) is 42.6. The Bertz CT molecular complexity index is 978. The van der Waals surface area contributed by atoms with E-state index in [1.165, 1.54) is 10.5 Å². The lowest BCUT2D eigenvalue weighted by atomic mass is 9.93. The fourth-order valence-corrected chi connectivity index (χ4v) is 4.71. The number of aryl methyl sites for hydroxylation is 2. The molecule has 1 saturated carbocycles. The molecule has 2 aromatic rings. The van der Waals surface area contributed by atoms with Crippen LogP contribution in [0.1, 0.15) is 56.6 Å². The molecule has 0 unspecified atom stereocenters. The van der Waals surface area contributed by atoms with Crippen molar-refractivity contribution in [3.63, 3.8) is 0 Å². The van der Waals surface area contributed by atoms with Gasteiger partial charge >= 0.3 is 6.03 Å². The number of nitrogens with one attached hydrogen (secondary N) is 1. The van der Waals surface area contributed by atoms with Crippen molar-refractivity contribution in [3.8, 4) is 0 Å². The molecule has 0 radical (unpaired) electrons. The van der Waals surface area contributed by atoms with Crippen molar-refractivity contribution >= 4 is 29.2 Å². The molecule has 1 aliphatic heterocycles. The van der Waals surface area contributed by atoms with Crippen molar-refractivity contribution in [1.82, 2.24) is 4.90 Å². The number of urea groups is 1. The standard InChI is InChI=1S/C26H31N3O3/c1-3-19-11-13-20(14-12-19)27-24(30)17-23-25(31)29(22-15-9-18(2)10-16-22)26(32)28(23)21-7-5-4-6-8-21/h9-16,21,23H,3-8,17H2,1-2H3,(H,27,30)/t23-/m0/s1. The summed E-state index contributed by atoms with van der Waals surface area (Å²) in [6.07, 6.45) is 5.85. The van der Waals surface area contributed by atoms with Gasteiger partial charge in [0, 0.05) is 11.7 Å². The van der Waals surface area contributed by atoms with Gasteiger partial charge in [0.05, 0.1) is 12.1 Å². The molecule has 2 aliphatic rings. The summed E-state index contributed by atoms with van der Waals surface area (Å²) in [5, 5.41) is 2.89. The Kier molecular flexibility index (Phi) is 6.58. The first-order valence-electron chi connectivity index (χ1n) is 11.6. The van der Waals surface area contributed by atoms with Crippen LogP contribution in [0, 0.1) is 6.92 Å². The van der Waals surface area contributed by atoms with E-state index in [0.29, 0.717) is 11.4 Å². The third-order valence-electron chi connectivity index (χ3n) is 6.54. The Labute approximate surface area is 189 Å². The number of benzene rings is 2. The first-order valence-corrected chi connectivity index (χ1v) is 11.6. The Balaban J connectivity index is 1.56. The molecule has 0 aromatic heterocycles. The molecule has 6 heteroatoms. The van der Waals surface area contributed by atoms with Gasteiger partial charge in [-0.15, -0.1) is 0 Å². The molecule has 1 aliphatic carbocycles. The highest BCUT2D eigenvalue weighted by Crippen LogP contribution is 2.33. The van der Waals surface area contributed by atoms with Crippen LogP contribution in [0.15, 0.2) is 48.5 Å². The molecule has 4 rings (SSSR count). The van der Waals surface area contributed by atoms with Gasteiger partial charge in [-0.25, -0.2) is 9.69 Å². The molecular formula is C26H31N3O3. The fraction of sp³-hybridized carbons (Fsp3) is 0.423. The average Bonchev–Trinajstić information content (AvgIpc) is 3.04. The second kappa shape index (κ2) is 9.55. The Morgan fingerprint density at radius 3 is 2.25 bits per heavy atom. The van der Waals surface area contributed by atoms with Gasteiger partial charge in [0.25, 0.3) is 5.91 Å². The molecular weight excluding hydrogens is 402 g/mol. The minimum atomic E-state index is -0.776. The molecule has 1 heterocycles. The monoisotopic (exact) mass is 433 g/mol. The van der Waals surface area contributed by atoms with Gasteiger partial charge < -0.3 is 10.2 Å². The number of rotatable bonds is 6. The topological polar surface area (TPSA) is 69.7 Å². The predicted octanol–water partition coefficient (Wildman–Crippen LogP) is 5.06. The Hall–Kier alpha value is -3.15. The molecule has 0 spiro atoms. The third-order valence-corrected chi connectivity index (χ3v) is 6.54. The molecule has 1 N–H and O–H groups in total. The lowest BCUT2D eigenvalue weighted by molar-refractivity contribution is -0.125. The van der Waals surface area contributed by atoms with Crippen molar-refractivity contribution < 1.29 is 14.4 Å². The molecule has 1 saturated heterocycles. The van der Waals surface area contributed by atoms with E-state index < -0.39 is 6.04 Å². The summed E-state index contributed by atoms with van der Waals surface area (Å²) in [6.45, 7) is 4.04. The molecule has 6 nitrogen and oxygen atoms in total. The zero-order valence-electron chi connectivity index (χ0n) is 18.8. The van der Waals surface area contributed by atoms with Gasteiger partial charge in [-0.2, -0.15) is 0 Å². The molecule has 2 aromatic carbocycles. The maximum atomic E-state index is 13.4. The zero-order chi connectivity index (χ0) is 22.7. The number of amides is 4. The fourth-order valence-electron chi connectivity index (χ4n) is 4.71. The molecule has 1 atom stereocenters. The molecule has 168 valence electrons. The van der Waals surface area contributed by atoms with Crippen LogP contribution in [0.25, 0.3) is 0 Å². The molecule has 0 bridgehead atoms. The van der Waals surface area contributed by atoms with Gasteiger partial charge in [-0.3, -0.25) is 9.59 Å². The van der Waals surface area contributed by atoms with Gasteiger partial charge in [-0.1, -0.05) is 56.0 Å². The third kappa shape index (κ3) is 4.54. The van der Waals surface area contributed by atoms with E-state index in [-0.39, 0.29) is 30.3 Å². The minimum Gasteiger partial charge on any atom is -0.326 e. The van der Waals surface area contributed by atoms with Crippen molar-refractivity contribution in [2.75, 3.05) is 10.2 Å². The van der Waals surface area contributed by atoms with E-state index in [4.69, 9.17) is 0 Å². The summed E-state index contributed by atoms with van der Waals surface area (Å²) >= 11 is 0. The van der Waals surface area contributed by atoms with Crippen LogP contribution in [0.2, 0.25) is 0 Å². The van der Waals surface area contributed by atoms with E-state index in [1.807, 2.05) is 43.3 Å². The lowest BCUT2D eigenvalue weighted by Crippen LogP contribution is -2.45. The number of imide groups is 1. The molecule has 2 fully saturated rings. The number of carbonyl (C=O) groups is 3. The smallest absolute Gasteiger partial charge is 0.326 e. The maximum absolute atomic E-state index is 13.4. The Morgan fingerprint density at radius 2 is 1.62 bits per heavy atom. The first kappa shape index (κ1) is 22.1. The normalized spacial score (nSPS) is 19.5. The summed E-state index contributed by atoms with van der Waals surface area (Å²) in [5.41, 5.74) is 3.51. The van der Waals surface area contributed by atoms with Crippen LogP contribution in [0.4, 0.5) is 16.2 Å². The van der Waals surface area contributed by atoms with Crippen molar-refractivity contribution in [3.05, 3.63) is 59.7 Å². The number of anilines is 2. The van der Waals surface area contributed by atoms with Gasteiger partial charge in [0.2, 0.25) is 5.91 Å². The largest absolute Gasteiger partial charge is 0.332 e. The summed E-state index contributed by atoms with van der Waals surface area (Å²) in [6, 6.07) is 14.0. The predicted molar refractivity (Wildman–Crippen MR) is 126 cm³/mol. The number of hydrogen-bond donors (Lipinski definition) is 1. The Morgan fingerprint density at radius 1 is 0.969 bits per heavy atom. The average molecular weight is 434 g/mol. The van der Waals surface area contributed by atoms with Crippen LogP contribution < -0.4 is 10.2 Å². The SMILES string of the molecule is CCc1ccc(NC(=O)C[C@H]2C(=O)N(c3ccc(C)cc3)C(=O)N2C2CCCCC2)cc1. The summed E-state index contributed by atoms with van der Waals surface area (Å²) < 4.78 is 0.